The highest BCUT2D eigenvalue weighted by Gasteiger charge is 2.34. The van der Waals surface area contributed by atoms with Crippen molar-refractivity contribution in [2.24, 2.45) is 4.99 Å². The molecule has 0 spiro atoms. The second kappa shape index (κ2) is 10.8. The molecule has 0 radical (unpaired) electrons. The maximum absolute atomic E-state index is 12.4. The second-order valence-corrected chi connectivity index (χ2v) is 6.24. The lowest BCUT2D eigenvalue weighted by molar-refractivity contribution is -0.143. The lowest BCUT2D eigenvalue weighted by atomic mass is 10.3. The fraction of sp³-hybridized carbons (Fsp3) is 0.588. The van der Waals surface area contributed by atoms with Crippen molar-refractivity contribution in [3.63, 3.8) is 0 Å². The number of anilines is 1. The summed E-state index contributed by atoms with van der Waals surface area (Å²) in [7, 11) is 3.68. The van der Waals surface area contributed by atoms with Crippen LogP contribution in [0.15, 0.2) is 35.3 Å². The van der Waals surface area contributed by atoms with E-state index in [1.165, 1.54) is 4.90 Å². The van der Waals surface area contributed by atoms with Crippen LogP contribution in [0, 0.1) is 0 Å². The molecule has 9 heteroatoms. The van der Waals surface area contributed by atoms with Gasteiger partial charge in [0.2, 0.25) is 0 Å². The van der Waals surface area contributed by atoms with Crippen molar-refractivity contribution in [1.82, 2.24) is 15.5 Å². The molecule has 1 heterocycles. The van der Waals surface area contributed by atoms with E-state index in [-0.39, 0.29) is 30.0 Å². The third kappa shape index (κ3) is 7.98. The van der Waals surface area contributed by atoms with Crippen molar-refractivity contribution in [2.75, 3.05) is 51.7 Å². The Bertz CT molecular complexity index is 553. The Balaban J connectivity index is 0.00000338. The van der Waals surface area contributed by atoms with E-state index in [1.807, 2.05) is 37.4 Å². The van der Waals surface area contributed by atoms with E-state index in [2.05, 4.69) is 20.5 Å². The van der Waals surface area contributed by atoms with Crippen LogP contribution in [-0.2, 0) is 0 Å². The van der Waals surface area contributed by atoms with Gasteiger partial charge in [-0.1, -0.05) is 18.2 Å². The molecule has 1 fully saturated rings. The molecule has 1 atom stereocenters. The van der Waals surface area contributed by atoms with Gasteiger partial charge in [0.15, 0.2) is 5.96 Å². The molecule has 148 valence electrons. The van der Waals surface area contributed by atoms with Gasteiger partial charge in [0.05, 0.1) is 6.54 Å². The quantitative estimate of drug-likeness (QED) is 0.370. The highest BCUT2D eigenvalue weighted by Crippen LogP contribution is 2.19. The number of benzene rings is 1. The normalized spacial score (nSPS) is 18.3. The summed E-state index contributed by atoms with van der Waals surface area (Å²) >= 11 is 0. The number of alkyl halides is 3. The molecule has 0 aliphatic carbocycles. The summed E-state index contributed by atoms with van der Waals surface area (Å²) in [6.07, 6.45) is -3.46. The molecule has 1 aliphatic rings. The summed E-state index contributed by atoms with van der Waals surface area (Å²) in [4.78, 5) is 7.71. The highest BCUT2D eigenvalue weighted by atomic mass is 127. The van der Waals surface area contributed by atoms with Crippen LogP contribution >= 0.6 is 24.0 Å². The average Bonchev–Trinajstić information content (AvgIpc) is 2.99. The van der Waals surface area contributed by atoms with Crippen LogP contribution in [0.5, 0.6) is 0 Å². The summed E-state index contributed by atoms with van der Waals surface area (Å²) < 4.78 is 37.3. The minimum absolute atomic E-state index is 0. The Hall–Kier alpha value is -1.23. The Kier molecular flexibility index (Phi) is 9.48. The Labute approximate surface area is 170 Å². The van der Waals surface area contributed by atoms with Gasteiger partial charge in [-0.2, -0.15) is 13.2 Å². The van der Waals surface area contributed by atoms with Crippen LogP contribution in [0.3, 0.4) is 0 Å². The highest BCUT2D eigenvalue weighted by molar-refractivity contribution is 14.0. The third-order valence-electron chi connectivity index (χ3n) is 4.18. The van der Waals surface area contributed by atoms with E-state index in [9.17, 15) is 13.2 Å². The van der Waals surface area contributed by atoms with Crippen LogP contribution in [0.1, 0.15) is 6.42 Å². The number of likely N-dealkylation sites (tertiary alicyclic amines) is 1. The molecule has 1 saturated heterocycles. The lowest BCUT2D eigenvalue weighted by Gasteiger charge is -2.22. The number of guanidine groups is 1. The molecule has 2 rings (SSSR count). The van der Waals surface area contributed by atoms with Gasteiger partial charge in [-0.15, -0.1) is 24.0 Å². The van der Waals surface area contributed by atoms with Gasteiger partial charge < -0.3 is 15.5 Å². The number of hydrogen-bond acceptors (Lipinski definition) is 3. The van der Waals surface area contributed by atoms with Crippen molar-refractivity contribution in [3.8, 4) is 0 Å². The molecule has 1 aliphatic heterocycles. The van der Waals surface area contributed by atoms with E-state index in [4.69, 9.17) is 0 Å². The first kappa shape index (κ1) is 22.8. The van der Waals surface area contributed by atoms with Crippen molar-refractivity contribution in [2.45, 2.75) is 18.6 Å². The number of aliphatic imine (C=N–C) groups is 1. The fourth-order valence-electron chi connectivity index (χ4n) is 2.89. The Morgan fingerprint density at radius 3 is 2.62 bits per heavy atom. The molecule has 5 nitrogen and oxygen atoms in total. The van der Waals surface area contributed by atoms with Gasteiger partial charge in [0.25, 0.3) is 0 Å². The minimum Gasteiger partial charge on any atom is -0.373 e. The molecule has 1 aromatic rings. The zero-order valence-electron chi connectivity index (χ0n) is 15.1. The van der Waals surface area contributed by atoms with Gasteiger partial charge in [-0.3, -0.25) is 9.89 Å². The SMILES string of the molecule is CN=C(NCCN(C)c1ccccc1)NC1CCN(CC(F)(F)F)C1.I. The van der Waals surface area contributed by atoms with E-state index >= 15 is 0 Å². The summed E-state index contributed by atoms with van der Waals surface area (Å²) in [6.45, 7) is 1.45. The zero-order valence-corrected chi connectivity index (χ0v) is 17.4. The first-order chi connectivity index (χ1) is 11.9. The van der Waals surface area contributed by atoms with Crippen LogP contribution in [0.4, 0.5) is 18.9 Å². The number of nitrogens with zero attached hydrogens (tertiary/aromatic N) is 3. The van der Waals surface area contributed by atoms with Gasteiger partial charge in [-0.05, 0) is 18.6 Å². The maximum Gasteiger partial charge on any atom is 0.401 e. The van der Waals surface area contributed by atoms with E-state index in [0.29, 0.717) is 32.0 Å². The van der Waals surface area contributed by atoms with E-state index < -0.39 is 12.7 Å². The first-order valence-corrected chi connectivity index (χ1v) is 8.40. The predicted molar refractivity (Wildman–Crippen MR) is 111 cm³/mol. The van der Waals surface area contributed by atoms with Crippen molar-refractivity contribution in [3.05, 3.63) is 30.3 Å². The predicted octanol–water partition coefficient (Wildman–Crippen LogP) is 2.54. The number of rotatable bonds is 6. The smallest absolute Gasteiger partial charge is 0.373 e. The summed E-state index contributed by atoms with van der Waals surface area (Å²) in [6, 6.07) is 10.0. The number of nitrogens with one attached hydrogen (secondary N) is 2. The monoisotopic (exact) mass is 485 g/mol. The van der Waals surface area contributed by atoms with E-state index in [0.717, 1.165) is 12.2 Å². The maximum atomic E-state index is 12.4. The first-order valence-electron chi connectivity index (χ1n) is 8.40. The second-order valence-electron chi connectivity index (χ2n) is 6.24. The Morgan fingerprint density at radius 1 is 1.31 bits per heavy atom. The Morgan fingerprint density at radius 2 is 2.00 bits per heavy atom. The van der Waals surface area contributed by atoms with Crippen LogP contribution in [0.25, 0.3) is 0 Å². The molecule has 0 aromatic heterocycles. The summed E-state index contributed by atoms with van der Waals surface area (Å²) in [5.41, 5.74) is 1.13. The molecule has 26 heavy (non-hydrogen) atoms. The van der Waals surface area contributed by atoms with E-state index in [1.54, 1.807) is 7.05 Å². The number of para-hydroxylation sites is 1. The third-order valence-corrected chi connectivity index (χ3v) is 4.18. The lowest BCUT2D eigenvalue weighted by Crippen LogP contribution is -2.46. The van der Waals surface area contributed by atoms with Crippen molar-refractivity contribution < 1.29 is 13.2 Å². The molecule has 0 amide bonds. The molecule has 1 unspecified atom stereocenters. The fourth-order valence-corrected chi connectivity index (χ4v) is 2.89. The zero-order chi connectivity index (χ0) is 18.3. The molecule has 0 saturated carbocycles. The molecule has 2 N–H and O–H groups in total. The summed E-state index contributed by atoms with van der Waals surface area (Å²) in [5, 5.41) is 6.42. The standard InChI is InChI=1S/C17H26F3N5.HI/c1-21-16(22-9-11-24(2)15-6-4-3-5-7-15)23-14-8-10-25(12-14)13-17(18,19)20;/h3-7,14H,8-13H2,1-2H3,(H2,21,22,23);1H. The van der Waals surface area contributed by atoms with Crippen molar-refractivity contribution in [1.29, 1.82) is 0 Å². The average molecular weight is 485 g/mol. The molecule has 0 bridgehead atoms. The number of hydrogen-bond donors (Lipinski definition) is 2. The number of likely N-dealkylation sites (N-methyl/N-ethyl adjacent to an activating group) is 1. The molecular weight excluding hydrogens is 458 g/mol. The minimum atomic E-state index is -4.14. The molecular formula is C17H27F3IN5. The van der Waals surface area contributed by atoms with Gasteiger partial charge in [0.1, 0.15) is 0 Å². The van der Waals surface area contributed by atoms with Gasteiger partial charge >= 0.3 is 6.18 Å². The molecule has 1 aromatic carbocycles. The summed E-state index contributed by atoms with van der Waals surface area (Å²) in [5.74, 6) is 0.625. The van der Waals surface area contributed by atoms with Crippen LogP contribution in [0.2, 0.25) is 0 Å². The van der Waals surface area contributed by atoms with Crippen LogP contribution in [-0.4, -0.2) is 69.9 Å². The van der Waals surface area contributed by atoms with Gasteiger partial charge in [0, 0.05) is 52.0 Å². The number of halogens is 4. The topological polar surface area (TPSA) is 42.9 Å². The van der Waals surface area contributed by atoms with Crippen molar-refractivity contribution >= 4 is 35.6 Å². The van der Waals surface area contributed by atoms with Crippen LogP contribution < -0.4 is 15.5 Å². The van der Waals surface area contributed by atoms with Gasteiger partial charge in [-0.25, -0.2) is 0 Å². The largest absolute Gasteiger partial charge is 0.401 e.